The minimum Gasteiger partial charge on any atom is -0.192 e. The van der Waals surface area contributed by atoms with E-state index in [1.165, 1.54) is 17.7 Å². The molecule has 0 spiro atoms. The second-order valence-electron chi connectivity index (χ2n) is 2.95. The molecule has 1 aliphatic carbocycles. The van der Waals surface area contributed by atoms with E-state index in [-0.39, 0.29) is 0 Å². The molecule has 1 saturated carbocycles. The molecule has 0 heterocycles. The molecule has 0 N–H and O–H groups in total. The fraction of sp³-hybridized carbons (Fsp3) is 0.300. The minimum absolute atomic E-state index is 0.746. The first-order valence-corrected chi connectivity index (χ1v) is 4.93. The Kier molecular flexibility index (Phi) is 2.05. The van der Waals surface area contributed by atoms with Crippen molar-refractivity contribution in [1.82, 2.24) is 0 Å². The molecule has 60 valence electrons. The van der Waals surface area contributed by atoms with Crippen molar-refractivity contribution in [2.75, 3.05) is 0 Å². The van der Waals surface area contributed by atoms with Crippen LogP contribution in [0.25, 0.3) is 0 Å². The molecular weight excluding hydrogens is 166 g/mol. The summed E-state index contributed by atoms with van der Waals surface area (Å²) in [5.74, 6) is 0. The van der Waals surface area contributed by atoms with Gasteiger partial charge in [0.25, 0.3) is 0 Å². The van der Waals surface area contributed by atoms with Crippen molar-refractivity contribution in [1.29, 1.82) is 5.26 Å². The highest BCUT2D eigenvalue weighted by Crippen LogP contribution is 2.38. The van der Waals surface area contributed by atoms with E-state index in [0.717, 1.165) is 10.8 Å². The van der Waals surface area contributed by atoms with Crippen molar-refractivity contribution in [2.45, 2.75) is 23.0 Å². The van der Waals surface area contributed by atoms with Crippen LogP contribution in [0.5, 0.6) is 0 Å². The first-order valence-electron chi connectivity index (χ1n) is 4.05. The van der Waals surface area contributed by atoms with E-state index < -0.39 is 0 Å². The van der Waals surface area contributed by atoms with Crippen LogP contribution in [0.2, 0.25) is 0 Å². The number of nitrogens with zero attached hydrogens (tertiary/aromatic N) is 1. The molecule has 1 nitrogen and oxygen atoms in total. The average molecular weight is 175 g/mol. The zero-order valence-corrected chi connectivity index (χ0v) is 7.47. The van der Waals surface area contributed by atoms with Gasteiger partial charge in [-0.1, -0.05) is 0 Å². The normalized spacial score (nSPS) is 15.6. The molecule has 2 heteroatoms. The Hall–Kier alpha value is -0.940. The Balaban J connectivity index is 2.08. The van der Waals surface area contributed by atoms with Crippen molar-refractivity contribution in [3.8, 4) is 6.07 Å². The molecule has 1 aromatic carbocycles. The molecule has 0 atom stereocenters. The van der Waals surface area contributed by atoms with Gasteiger partial charge in [-0.25, -0.2) is 0 Å². The Morgan fingerprint density at radius 1 is 1.25 bits per heavy atom. The summed E-state index contributed by atoms with van der Waals surface area (Å²) >= 11 is 1.92. The van der Waals surface area contributed by atoms with Crippen LogP contribution in [0.4, 0.5) is 0 Å². The molecule has 2 rings (SSSR count). The van der Waals surface area contributed by atoms with Gasteiger partial charge in [-0.05, 0) is 37.1 Å². The van der Waals surface area contributed by atoms with Crippen LogP contribution >= 0.6 is 11.8 Å². The lowest BCUT2D eigenvalue weighted by molar-refractivity contribution is 1.39. The summed E-state index contributed by atoms with van der Waals surface area (Å²) in [7, 11) is 0. The topological polar surface area (TPSA) is 23.8 Å². The first-order chi connectivity index (χ1) is 5.88. The zero-order valence-electron chi connectivity index (χ0n) is 6.66. The van der Waals surface area contributed by atoms with E-state index >= 15 is 0 Å². The highest BCUT2D eigenvalue weighted by molar-refractivity contribution is 8.00. The lowest BCUT2D eigenvalue weighted by Gasteiger charge is -1.97. The summed E-state index contributed by atoms with van der Waals surface area (Å²) in [6.45, 7) is 0. The summed E-state index contributed by atoms with van der Waals surface area (Å²) in [5.41, 5.74) is 0.746. The van der Waals surface area contributed by atoms with Gasteiger partial charge in [0.2, 0.25) is 0 Å². The van der Waals surface area contributed by atoms with Gasteiger partial charge in [0.1, 0.15) is 0 Å². The highest BCUT2D eigenvalue weighted by Gasteiger charge is 2.22. The van der Waals surface area contributed by atoms with Gasteiger partial charge >= 0.3 is 0 Å². The first kappa shape index (κ1) is 7.70. The number of rotatable bonds is 2. The minimum atomic E-state index is 0.746. The van der Waals surface area contributed by atoms with E-state index in [0.29, 0.717) is 0 Å². The van der Waals surface area contributed by atoms with E-state index in [4.69, 9.17) is 5.26 Å². The highest BCUT2D eigenvalue weighted by atomic mass is 32.2. The third kappa shape index (κ3) is 1.80. The maximum atomic E-state index is 8.57. The average Bonchev–Trinajstić information content (AvgIpc) is 2.90. The summed E-state index contributed by atoms with van der Waals surface area (Å²) < 4.78 is 0. The van der Waals surface area contributed by atoms with Gasteiger partial charge in [-0.2, -0.15) is 5.26 Å². The van der Waals surface area contributed by atoms with E-state index in [1.54, 1.807) is 0 Å². The Morgan fingerprint density at radius 2 is 1.92 bits per heavy atom. The molecule has 1 aromatic rings. The van der Waals surface area contributed by atoms with Crippen molar-refractivity contribution >= 4 is 11.8 Å². The molecule has 0 amide bonds. The van der Waals surface area contributed by atoms with Gasteiger partial charge in [0.15, 0.2) is 0 Å². The molecule has 1 aliphatic rings. The quantitative estimate of drug-likeness (QED) is 0.690. The summed E-state index contributed by atoms with van der Waals surface area (Å²) in [6.07, 6.45) is 2.70. The SMILES string of the molecule is N#Cc1ccc(SC2CC2)cc1. The number of thioether (sulfide) groups is 1. The Bertz CT molecular complexity index is 306. The number of hydrogen-bond donors (Lipinski definition) is 0. The molecule has 1 fully saturated rings. The van der Waals surface area contributed by atoms with E-state index in [2.05, 4.69) is 6.07 Å². The van der Waals surface area contributed by atoms with E-state index in [1.807, 2.05) is 36.0 Å². The van der Waals surface area contributed by atoms with Gasteiger partial charge < -0.3 is 0 Å². The largest absolute Gasteiger partial charge is 0.192 e. The predicted octanol–water partition coefficient (Wildman–Crippen LogP) is 2.81. The van der Waals surface area contributed by atoms with Crippen LogP contribution in [0.3, 0.4) is 0 Å². The van der Waals surface area contributed by atoms with Gasteiger partial charge in [0.05, 0.1) is 11.6 Å². The van der Waals surface area contributed by atoms with Crippen LogP contribution in [-0.4, -0.2) is 5.25 Å². The van der Waals surface area contributed by atoms with E-state index in [9.17, 15) is 0 Å². The van der Waals surface area contributed by atoms with Crippen molar-refractivity contribution < 1.29 is 0 Å². The van der Waals surface area contributed by atoms with Crippen LogP contribution < -0.4 is 0 Å². The third-order valence-corrected chi connectivity index (χ3v) is 3.16. The number of nitriles is 1. The van der Waals surface area contributed by atoms with Crippen LogP contribution in [0.15, 0.2) is 29.2 Å². The summed E-state index contributed by atoms with van der Waals surface area (Å²) in [4.78, 5) is 1.29. The monoisotopic (exact) mass is 175 g/mol. The fourth-order valence-electron chi connectivity index (χ4n) is 0.986. The predicted molar refractivity (Wildman–Crippen MR) is 50.0 cm³/mol. The third-order valence-electron chi connectivity index (χ3n) is 1.81. The molecular formula is C10H9NS. The lowest BCUT2D eigenvalue weighted by Crippen LogP contribution is -1.76. The molecule has 0 unspecified atom stereocenters. The van der Waals surface area contributed by atoms with Crippen molar-refractivity contribution in [3.05, 3.63) is 29.8 Å². The summed E-state index contributed by atoms with van der Waals surface area (Å²) in [6, 6.07) is 9.93. The molecule has 0 radical (unpaired) electrons. The van der Waals surface area contributed by atoms with Gasteiger partial charge in [-0.3, -0.25) is 0 Å². The molecule has 0 aromatic heterocycles. The van der Waals surface area contributed by atoms with Crippen LogP contribution in [-0.2, 0) is 0 Å². The van der Waals surface area contributed by atoms with Crippen LogP contribution in [0.1, 0.15) is 18.4 Å². The fourth-order valence-corrected chi connectivity index (χ4v) is 2.04. The number of benzene rings is 1. The molecule has 0 saturated heterocycles. The Labute approximate surface area is 76.4 Å². The van der Waals surface area contributed by atoms with Crippen molar-refractivity contribution in [3.63, 3.8) is 0 Å². The second-order valence-corrected chi connectivity index (χ2v) is 4.33. The van der Waals surface area contributed by atoms with Crippen LogP contribution in [0, 0.1) is 11.3 Å². The number of hydrogen-bond acceptors (Lipinski definition) is 2. The smallest absolute Gasteiger partial charge is 0.0991 e. The van der Waals surface area contributed by atoms with Gasteiger partial charge in [-0.15, -0.1) is 11.8 Å². The van der Waals surface area contributed by atoms with Gasteiger partial charge in [0, 0.05) is 10.1 Å². The standard InChI is InChI=1S/C10H9NS/c11-7-8-1-3-9(4-2-8)12-10-5-6-10/h1-4,10H,5-6H2. The second kappa shape index (κ2) is 3.20. The zero-order chi connectivity index (χ0) is 8.39. The maximum Gasteiger partial charge on any atom is 0.0991 e. The molecule has 0 bridgehead atoms. The van der Waals surface area contributed by atoms with Crippen molar-refractivity contribution in [2.24, 2.45) is 0 Å². The maximum absolute atomic E-state index is 8.57. The molecule has 12 heavy (non-hydrogen) atoms. The summed E-state index contributed by atoms with van der Waals surface area (Å²) in [5, 5.41) is 9.41. The molecule has 0 aliphatic heterocycles. The lowest BCUT2D eigenvalue weighted by atomic mass is 10.2. The Morgan fingerprint density at radius 3 is 2.42 bits per heavy atom.